The average molecular weight is 348 g/mol. The zero-order valence-electron chi connectivity index (χ0n) is 10.9. The molecular weight excluding hydrogens is 330 g/mol. The first-order valence-corrected chi connectivity index (χ1v) is 8.28. The molecule has 1 fully saturated rings. The highest BCUT2D eigenvalue weighted by Crippen LogP contribution is 2.20. The number of aromatic nitrogens is 2. The van der Waals surface area contributed by atoms with Crippen LogP contribution < -0.4 is 5.32 Å². The molecule has 2 heterocycles. The molecule has 0 saturated carbocycles. The van der Waals surface area contributed by atoms with Crippen LogP contribution in [-0.4, -0.2) is 39.9 Å². The first-order valence-electron chi connectivity index (χ1n) is 6.33. The normalized spacial score (nSPS) is 19.4. The van der Waals surface area contributed by atoms with Gasteiger partial charge >= 0.3 is 0 Å². The van der Waals surface area contributed by atoms with Gasteiger partial charge in [0.1, 0.15) is 0 Å². The van der Waals surface area contributed by atoms with Gasteiger partial charge in [-0.3, -0.25) is 9.48 Å². The van der Waals surface area contributed by atoms with Crippen LogP contribution in [0.2, 0.25) is 0 Å². The van der Waals surface area contributed by atoms with Crippen molar-refractivity contribution in [2.45, 2.75) is 25.4 Å². The van der Waals surface area contributed by atoms with Crippen molar-refractivity contribution in [2.24, 2.45) is 7.05 Å². The van der Waals surface area contributed by atoms with E-state index in [2.05, 4.69) is 26.3 Å². The van der Waals surface area contributed by atoms with E-state index in [4.69, 9.17) is 4.74 Å². The van der Waals surface area contributed by atoms with E-state index >= 15 is 0 Å². The number of aryl methyl sites for hydroxylation is 1. The quantitative estimate of drug-likeness (QED) is 0.888. The summed E-state index contributed by atoms with van der Waals surface area (Å²) in [5, 5.41) is 6.95. The number of halogens is 1. The monoisotopic (exact) mass is 347 g/mol. The molecular formula is C12H18BrN3O2S. The smallest absolute Gasteiger partial charge is 0.234 e. The number of carbonyl (C=O) groups is 1. The zero-order valence-corrected chi connectivity index (χ0v) is 13.3. The molecule has 1 N–H and O–H groups in total. The Bertz CT molecular complexity index is 433. The maximum Gasteiger partial charge on any atom is 0.234 e. The van der Waals surface area contributed by atoms with Gasteiger partial charge in [0.05, 0.1) is 17.5 Å². The Kier molecular flexibility index (Phi) is 5.72. The van der Waals surface area contributed by atoms with Gasteiger partial charge in [-0.25, -0.2) is 0 Å². The van der Waals surface area contributed by atoms with Crippen molar-refractivity contribution in [1.29, 1.82) is 0 Å². The third-order valence-corrected chi connectivity index (χ3v) is 4.53. The van der Waals surface area contributed by atoms with Gasteiger partial charge in [-0.1, -0.05) is 0 Å². The summed E-state index contributed by atoms with van der Waals surface area (Å²) in [6, 6.07) is 0. The summed E-state index contributed by atoms with van der Waals surface area (Å²) in [6.07, 6.45) is 5.60. The molecule has 5 nitrogen and oxygen atoms in total. The number of anilines is 1. The van der Waals surface area contributed by atoms with E-state index in [0.717, 1.165) is 25.2 Å². The van der Waals surface area contributed by atoms with Crippen molar-refractivity contribution in [3.8, 4) is 0 Å². The molecule has 0 bridgehead atoms. The molecule has 0 spiro atoms. The highest BCUT2D eigenvalue weighted by Gasteiger charge is 2.15. The van der Waals surface area contributed by atoms with Gasteiger partial charge in [0.2, 0.25) is 5.91 Å². The molecule has 106 valence electrons. The van der Waals surface area contributed by atoms with Crippen LogP contribution in [0.15, 0.2) is 10.8 Å². The Balaban J connectivity index is 1.68. The fourth-order valence-electron chi connectivity index (χ4n) is 1.95. The maximum absolute atomic E-state index is 11.8. The second-order valence-corrected chi connectivity index (χ2v) is 6.34. The summed E-state index contributed by atoms with van der Waals surface area (Å²) in [4.78, 5) is 11.8. The van der Waals surface area contributed by atoms with Crippen LogP contribution in [-0.2, 0) is 16.6 Å². The number of ether oxygens (including phenoxy) is 1. The summed E-state index contributed by atoms with van der Waals surface area (Å²) < 4.78 is 7.94. The lowest BCUT2D eigenvalue weighted by molar-refractivity contribution is -0.113. The number of hydrogen-bond donors (Lipinski definition) is 1. The Hall–Kier alpha value is -0.530. The van der Waals surface area contributed by atoms with E-state index in [1.807, 2.05) is 7.05 Å². The first-order chi connectivity index (χ1) is 9.15. The predicted molar refractivity (Wildman–Crippen MR) is 80.5 cm³/mol. The van der Waals surface area contributed by atoms with E-state index < -0.39 is 0 Å². The zero-order chi connectivity index (χ0) is 13.7. The lowest BCUT2D eigenvalue weighted by Gasteiger charge is -2.21. The largest absolute Gasteiger partial charge is 0.377 e. The van der Waals surface area contributed by atoms with Crippen LogP contribution in [0.5, 0.6) is 0 Å². The third kappa shape index (κ3) is 4.81. The standard InChI is InChI=1S/C12H18BrN3O2S/c1-16-6-10(12(13)15-16)14-11(17)8-19-7-9-4-2-3-5-18-9/h6,9H,2-5,7-8H2,1H3,(H,14,17). The number of carbonyl (C=O) groups excluding carboxylic acids is 1. The van der Waals surface area contributed by atoms with Gasteiger partial charge in [-0.2, -0.15) is 5.10 Å². The summed E-state index contributed by atoms with van der Waals surface area (Å²) in [6.45, 7) is 0.861. The minimum absolute atomic E-state index is 0.00508. The van der Waals surface area contributed by atoms with Crippen molar-refractivity contribution >= 4 is 39.3 Å². The number of hydrogen-bond acceptors (Lipinski definition) is 4. The number of nitrogens with one attached hydrogen (secondary N) is 1. The molecule has 2 rings (SSSR count). The summed E-state index contributed by atoms with van der Waals surface area (Å²) in [5.74, 6) is 1.33. The molecule has 1 aromatic heterocycles. The van der Waals surface area contributed by atoms with Crippen LogP contribution in [0.3, 0.4) is 0 Å². The lowest BCUT2D eigenvalue weighted by Crippen LogP contribution is -2.23. The first kappa shape index (κ1) is 14.9. The van der Waals surface area contributed by atoms with Gasteiger partial charge in [-0.15, -0.1) is 11.8 Å². The minimum atomic E-state index is -0.00508. The van der Waals surface area contributed by atoms with E-state index in [-0.39, 0.29) is 5.91 Å². The Morgan fingerprint density at radius 2 is 2.53 bits per heavy atom. The van der Waals surface area contributed by atoms with Crippen LogP contribution in [0, 0.1) is 0 Å². The molecule has 7 heteroatoms. The van der Waals surface area contributed by atoms with Crippen molar-refractivity contribution in [2.75, 3.05) is 23.4 Å². The molecule has 1 saturated heterocycles. The second-order valence-electron chi connectivity index (χ2n) is 4.56. The van der Waals surface area contributed by atoms with Gasteiger partial charge in [0.15, 0.2) is 4.60 Å². The number of amides is 1. The van der Waals surface area contributed by atoms with Crippen molar-refractivity contribution in [3.05, 3.63) is 10.8 Å². The average Bonchev–Trinajstić information content (AvgIpc) is 2.69. The molecule has 0 aromatic carbocycles. The fourth-order valence-corrected chi connectivity index (χ4v) is 3.31. The van der Waals surface area contributed by atoms with Crippen LogP contribution in [0.1, 0.15) is 19.3 Å². The van der Waals surface area contributed by atoms with Gasteiger partial charge in [0, 0.05) is 25.6 Å². The molecule has 19 heavy (non-hydrogen) atoms. The topological polar surface area (TPSA) is 56.2 Å². The van der Waals surface area contributed by atoms with E-state index in [9.17, 15) is 4.79 Å². The van der Waals surface area contributed by atoms with Crippen LogP contribution in [0.4, 0.5) is 5.69 Å². The van der Waals surface area contributed by atoms with Gasteiger partial charge in [0.25, 0.3) is 0 Å². The Labute approximate surface area is 125 Å². The molecule has 0 aliphatic carbocycles. The lowest BCUT2D eigenvalue weighted by atomic mass is 10.1. The van der Waals surface area contributed by atoms with E-state index in [0.29, 0.717) is 22.1 Å². The summed E-state index contributed by atoms with van der Waals surface area (Å²) in [5.41, 5.74) is 0.710. The molecule has 1 atom stereocenters. The SMILES string of the molecule is Cn1cc(NC(=O)CSCC2CCCCO2)c(Br)n1. The van der Waals surface area contributed by atoms with Crippen molar-refractivity contribution < 1.29 is 9.53 Å². The molecule has 1 aromatic rings. The Morgan fingerprint density at radius 1 is 1.68 bits per heavy atom. The van der Waals surface area contributed by atoms with Crippen LogP contribution in [0.25, 0.3) is 0 Å². The van der Waals surface area contributed by atoms with Crippen molar-refractivity contribution in [1.82, 2.24) is 9.78 Å². The highest BCUT2D eigenvalue weighted by molar-refractivity contribution is 9.10. The summed E-state index contributed by atoms with van der Waals surface area (Å²) in [7, 11) is 1.82. The maximum atomic E-state index is 11.8. The fraction of sp³-hybridized carbons (Fsp3) is 0.667. The number of thioether (sulfide) groups is 1. The van der Waals surface area contributed by atoms with E-state index in [1.165, 1.54) is 6.42 Å². The molecule has 1 aliphatic rings. The number of rotatable bonds is 5. The van der Waals surface area contributed by atoms with Gasteiger partial charge in [-0.05, 0) is 35.2 Å². The van der Waals surface area contributed by atoms with Crippen LogP contribution >= 0.6 is 27.7 Å². The predicted octanol–water partition coefficient (Wildman–Crippen LogP) is 2.42. The highest BCUT2D eigenvalue weighted by atomic mass is 79.9. The van der Waals surface area contributed by atoms with Gasteiger partial charge < -0.3 is 10.1 Å². The second kappa shape index (κ2) is 7.31. The molecule has 0 radical (unpaired) electrons. The third-order valence-electron chi connectivity index (χ3n) is 2.87. The minimum Gasteiger partial charge on any atom is -0.377 e. The Morgan fingerprint density at radius 3 is 3.16 bits per heavy atom. The molecule has 1 amide bonds. The van der Waals surface area contributed by atoms with Crippen molar-refractivity contribution in [3.63, 3.8) is 0 Å². The molecule has 1 aliphatic heterocycles. The summed E-state index contributed by atoms with van der Waals surface area (Å²) >= 11 is 4.92. The molecule has 1 unspecified atom stereocenters. The number of nitrogens with zero attached hydrogens (tertiary/aromatic N) is 2. The van der Waals surface area contributed by atoms with E-state index in [1.54, 1.807) is 22.6 Å².